The Hall–Kier alpha value is -4.70. The van der Waals surface area contributed by atoms with Crippen LogP contribution >= 0.6 is 0 Å². The number of hydrogen-bond acceptors (Lipinski definition) is 5. The first kappa shape index (κ1) is 33.2. The monoisotopic (exact) mass is 631 g/mol. The second-order valence-corrected chi connectivity index (χ2v) is 12.9. The van der Waals surface area contributed by atoms with Gasteiger partial charge in [-0.1, -0.05) is 80.6 Å². The van der Waals surface area contributed by atoms with Crippen LogP contribution in [0.2, 0.25) is 0 Å². The van der Waals surface area contributed by atoms with E-state index in [1.54, 1.807) is 48.5 Å². The Morgan fingerprint density at radius 2 is 1.49 bits per heavy atom. The van der Waals surface area contributed by atoms with Crippen LogP contribution in [0.25, 0.3) is 0 Å². The SMILES string of the molecule is COc1cccc(N(CC(=O)N(Cc2ccc(F)cc2)C(Cc2ccccc2)C(=O)NCC(C)C)S(=O)(=O)c2ccccc2)c1. The van der Waals surface area contributed by atoms with Gasteiger partial charge < -0.3 is 15.0 Å². The quantitative estimate of drug-likeness (QED) is 0.200. The van der Waals surface area contributed by atoms with E-state index in [0.717, 1.165) is 9.87 Å². The van der Waals surface area contributed by atoms with E-state index in [9.17, 15) is 22.4 Å². The van der Waals surface area contributed by atoms with Crippen molar-refractivity contribution in [1.29, 1.82) is 0 Å². The lowest BCUT2D eigenvalue weighted by Gasteiger charge is -2.34. The molecule has 8 nitrogen and oxygen atoms in total. The zero-order chi connectivity index (χ0) is 32.4. The van der Waals surface area contributed by atoms with E-state index >= 15 is 0 Å². The molecule has 0 saturated carbocycles. The molecular weight excluding hydrogens is 593 g/mol. The van der Waals surface area contributed by atoms with Gasteiger partial charge in [-0.15, -0.1) is 0 Å². The number of ether oxygens (including phenoxy) is 1. The highest BCUT2D eigenvalue weighted by molar-refractivity contribution is 7.92. The molecule has 0 fully saturated rings. The van der Waals surface area contributed by atoms with Crippen molar-refractivity contribution in [3.05, 3.63) is 126 Å². The van der Waals surface area contributed by atoms with Gasteiger partial charge in [0.25, 0.3) is 10.0 Å². The molecule has 45 heavy (non-hydrogen) atoms. The predicted octanol–water partition coefficient (Wildman–Crippen LogP) is 5.44. The Bertz CT molecular complexity index is 1670. The lowest BCUT2D eigenvalue weighted by atomic mass is 10.0. The van der Waals surface area contributed by atoms with Gasteiger partial charge in [0.1, 0.15) is 24.2 Å². The zero-order valence-corrected chi connectivity index (χ0v) is 26.4. The van der Waals surface area contributed by atoms with Crippen LogP contribution in [0, 0.1) is 11.7 Å². The average molecular weight is 632 g/mol. The molecule has 1 N–H and O–H groups in total. The van der Waals surface area contributed by atoms with Crippen molar-refractivity contribution in [3.63, 3.8) is 0 Å². The molecule has 4 rings (SSSR count). The number of nitrogens with zero attached hydrogens (tertiary/aromatic N) is 2. The zero-order valence-electron chi connectivity index (χ0n) is 25.6. The lowest BCUT2D eigenvalue weighted by molar-refractivity contribution is -0.140. The lowest BCUT2D eigenvalue weighted by Crippen LogP contribution is -2.53. The molecule has 0 spiro atoms. The summed E-state index contributed by atoms with van der Waals surface area (Å²) in [4.78, 5) is 29.6. The van der Waals surface area contributed by atoms with Crippen molar-refractivity contribution in [2.24, 2.45) is 5.92 Å². The third-order valence-electron chi connectivity index (χ3n) is 7.17. The average Bonchev–Trinajstić information content (AvgIpc) is 3.05. The molecule has 0 aliphatic rings. The minimum absolute atomic E-state index is 0.00113. The van der Waals surface area contributed by atoms with Crippen molar-refractivity contribution >= 4 is 27.5 Å². The number of carbonyl (C=O) groups is 2. The second kappa shape index (κ2) is 15.3. The van der Waals surface area contributed by atoms with Crippen molar-refractivity contribution in [2.45, 2.75) is 37.8 Å². The van der Waals surface area contributed by atoms with Gasteiger partial charge in [-0.2, -0.15) is 0 Å². The summed E-state index contributed by atoms with van der Waals surface area (Å²) < 4.78 is 48.3. The number of hydrogen-bond donors (Lipinski definition) is 1. The molecule has 2 amide bonds. The van der Waals surface area contributed by atoms with E-state index in [-0.39, 0.29) is 35.4 Å². The number of carbonyl (C=O) groups excluding carboxylic acids is 2. The maximum atomic E-state index is 14.4. The minimum atomic E-state index is -4.23. The maximum absolute atomic E-state index is 14.4. The van der Waals surface area contributed by atoms with Crippen molar-refractivity contribution < 1.29 is 27.1 Å². The number of benzene rings is 4. The number of rotatable bonds is 14. The Balaban J connectivity index is 1.80. The highest BCUT2D eigenvalue weighted by Gasteiger charge is 2.34. The van der Waals surface area contributed by atoms with Crippen molar-refractivity contribution in [2.75, 3.05) is 24.5 Å². The first-order chi connectivity index (χ1) is 21.6. The molecule has 0 aliphatic heterocycles. The molecular formula is C35H38FN3O5S. The molecule has 0 bridgehead atoms. The molecule has 1 atom stereocenters. The van der Waals surface area contributed by atoms with Crippen LogP contribution in [0.5, 0.6) is 5.75 Å². The maximum Gasteiger partial charge on any atom is 0.264 e. The van der Waals surface area contributed by atoms with E-state index in [2.05, 4.69) is 5.32 Å². The molecule has 4 aromatic rings. The Morgan fingerprint density at radius 1 is 0.844 bits per heavy atom. The third kappa shape index (κ3) is 8.92. The van der Waals surface area contributed by atoms with Crippen LogP contribution in [0.15, 0.2) is 114 Å². The Morgan fingerprint density at radius 3 is 2.11 bits per heavy atom. The molecule has 4 aromatic carbocycles. The fourth-order valence-corrected chi connectivity index (χ4v) is 6.20. The number of methoxy groups -OCH3 is 1. The van der Waals surface area contributed by atoms with Gasteiger partial charge in [-0.25, -0.2) is 12.8 Å². The summed E-state index contributed by atoms with van der Waals surface area (Å²) in [5.41, 5.74) is 1.62. The summed E-state index contributed by atoms with van der Waals surface area (Å²) >= 11 is 0. The van der Waals surface area contributed by atoms with E-state index in [1.807, 2.05) is 44.2 Å². The summed E-state index contributed by atoms with van der Waals surface area (Å²) in [5.74, 6) is -0.854. The van der Waals surface area contributed by atoms with Crippen LogP contribution in [0.3, 0.4) is 0 Å². The molecule has 10 heteroatoms. The van der Waals surface area contributed by atoms with Gasteiger partial charge in [0.2, 0.25) is 11.8 Å². The van der Waals surface area contributed by atoms with Gasteiger partial charge in [0.05, 0.1) is 17.7 Å². The fraction of sp³-hybridized carbons (Fsp3) is 0.257. The summed E-state index contributed by atoms with van der Waals surface area (Å²) in [7, 11) is -2.77. The van der Waals surface area contributed by atoms with Gasteiger partial charge in [-0.05, 0) is 53.4 Å². The number of sulfonamides is 1. The largest absolute Gasteiger partial charge is 0.497 e. The Kier molecular flexibility index (Phi) is 11.3. The summed E-state index contributed by atoms with van der Waals surface area (Å²) in [6.45, 7) is 3.67. The third-order valence-corrected chi connectivity index (χ3v) is 8.96. The van der Waals surface area contributed by atoms with Gasteiger partial charge >= 0.3 is 0 Å². The van der Waals surface area contributed by atoms with Crippen LogP contribution in [0.4, 0.5) is 10.1 Å². The number of halogens is 1. The van der Waals surface area contributed by atoms with E-state index < -0.39 is 34.3 Å². The topological polar surface area (TPSA) is 96.0 Å². The van der Waals surface area contributed by atoms with Crippen molar-refractivity contribution in [3.8, 4) is 5.75 Å². The second-order valence-electron chi connectivity index (χ2n) is 11.0. The summed E-state index contributed by atoms with van der Waals surface area (Å²) in [6.07, 6.45) is 0.183. The Labute approximate surface area is 264 Å². The first-order valence-corrected chi connectivity index (χ1v) is 16.1. The van der Waals surface area contributed by atoms with Gasteiger partial charge in [0, 0.05) is 25.6 Å². The molecule has 0 aliphatic carbocycles. The molecule has 0 aromatic heterocycles. The highest BCUT2D eigenvalue weighted by Crippen LogP contribution is 2.28. The minimum Gasteiger partial charge on any atom is -0.497 e. The van der Waals surface area contributed by atoms with Crippen LogP contribution in [-0.2, 0) is 32.6 Å². The number of anilines is 1. The highest BCUT2D eigenvalue weighted by atomic mass is 32.2. The number of amides is 2. The smallest absolute Gasteiger partial charge is 0.264 e. The van der Waals surface area contributed by atoms with Gasteiger partial charge in [0.15, 0.2) is 0 Å². The van der Waals surface area contributed by atoms with Crippen LogP contribution in [-0.4, -0.2) is 51.4 Å². The van der Waals surface area contributed by atoms with Gasteiger partial charge in [-0.3, -0.25) is 13.9 Å². The fourth-order valence-electron chi connectivity index (χ4n) is 4.78. The predicted molar refractivity (Wildman–Crippen MR) is 173 cm³/mol. The van der Waals surface area contributed by atoms with Crippen molar-refractivity contribution in [1.82, 2.24) is 10.2 Å². The normalized spacial score (nSPS) is 11.9. The summed E-state index contributed by atoms with van der Waals surface area (Å²) in [6, 6.07) is 28.2. The molecule has 236 valence electrons. The number of nitrogens with one attached hydrogen (secondary N) is 1. The molecule has 1 unspecified atom stereocenters. The molecule has 0 heterocycles. The first-order valence-electron chi connectivity index (χ1n) is 14.7. The van der Waals surface area contributed by atoms with Crippen LogP contribution < -0.4 is 14.4 Å². The van der Waals surface area contributed by atoms with E-state index in [1.165, 1.54) is 42.3 Å². The standard InChI is InChI=1S/C35H38FN3O5S/c1-26(2)23-37-35(41)33(21-27-11-6-4-7-12-27)38(24-28-17-19-29(36)20-18-28)34(40)25-39(30-13-10-14-31(22-30)44-3)45(42,43)32-15-8-5-9-16-32/h4-20,22,26,33H,21,23-25H2,1-3H3,(H,37,41). The molecule has 0 saturated heterocycles. The summed E-state index contributed by atoms with van der Waals surface area (Å²) in [5, 5.41) is 2.95. The van der Waals surface area contributed by atoms with Crippen LogP contribution in [0.1, 0.15) is 25.0 Å². The van der Waals surface area contributed by atoms with E-state index in [0.29, 0.717) is 17.9 Å². The van der Waals surface area contributed by atoms with E-state index in [4.69, 9.17) is 4.74 Å². The molecule has 0 radical (unpaired) electrons.